The molecule has 3 aromatic carbocycles. The molecule has 0 unspecified atom stereocenters. The van der Waals surface area contributed by atoms with Gasteiger partial charge in [0.05, 0.1) is 30.7 Å². The van der Waals surface area contributed by atoms with Gasteiger partial charge in [-0.25, -0.2) is 9.37 Å². The lowest BCUT2D eigenvalue weighted by Gasteiger charge is -2.25. The number of fused-ring (bicyclic) bond motifs is 1. The molecule has 0 amide bonds. The normalized spacial score (nSPS) is 15.1. The summed E-state index contributed by atoms with van der Waals surface area (Å²) in [4.78, 5) is 9.11. The Kier molecular flexibility index (Phi) is 5.56. The number of benzene rings is 3. The molecule has 1 atom stereocenters. The van der Waals surface area contributed by atoms with Crippen LogP contribution in [0.3, 0.4) is 0 Å². The standard InChI is InChI=1S/C27H21FN4O3/c28-20-12-10-19(11-13-20)24-14-32-17-29-25(22(32)16-34-24)27-30-26(31-35-27)21-8-4-5-9-23(21)33-15-18-6-2-1-3-7-18/h1-13,17,24H,14-16H2/t24-/m1/s1. The first-order valence-corrected chi connectivity index (χ1v) is 11.3. The average molecular weight is 468 g/mol. The van der Waals surface area contributed by atoms with E-state index in [9.17, 15) is 4.39 Å². The van der Waals surface area contributed by atoms with Crippen LogP contribution in [0.2, 0.25) is 0 Å². The second-order valence-electron chi connectivity index (χ2n) is 8.24. The second kappa shape index (κ2) is 9.15. The van der Waals surface area contributed by atoms with Gasteiger partial charge in [-0.3, -0.25) is 0 Å². The first-order chi connectivity index (χ1) is 17.2. The number of halogens is 1. The van der Waals surface area contributed by atoms with Crippen molar-refractivity contribution in [2.24, 2.45) is 0 Å². The number of para-hydroxylation sites is 1. The molecule has 2 aromatic heterocycles. The van der Waals surface area contributed by atoms with E-state index in [4.69, 9.17) is 14.0 Å². The predicted octanol–water partition coefficient (Wildman–Crippen LogP) is 5.59. The monoisotopic (exact) mass is 468 g/mol. The number of imidazole rings is 1. The summed E-state index contributed by atoms with van der Waals surface area (Å²) in [5, 5.41) is 4.19. The van der Waals surface area contributed by atoms with E-state index in [-0.39, 0.29) is 11.9 Å². The van der Waals surface area contributed by atoms with E-state index in [1.165, 1.54) is 12.1 Å². The zero-order valence-corrected chi connectivity index (χ0v) is 18.7. The van der Waals surface area contributed by atoms with Gasteiger partial charge in [0.25, 0.3) is 5.89 Å². The predicted molar refractivity (Wildman–Crippen MR) is 126 cm³/mol. The molecule has 0 saturated carbocycles. The van der Waals surface area contributed by atoms with Crippen molar-refractivity contribution in [3.8, 4) is 28.7 Å². The third kappa shape index (κ3) is 4.31. The van der Waals surface area contributed by atoms with Crippen LogP contribution < -0.4 is 4.74 Å². The second-order valence-corrected chi connectivity index (χ2v) is 8.24. The molecule has 0 radical (unpaired) electrons. The SMILES string of the molecule is Fc1ccc([C@H]2Cn3cnc(-c4nc(-c5ccccc5OCc5ccccc5)no4)c3CO2)cc1. The Morgan fingerprint density at radius 3 is 2.63 bits per heavy atom. The molecular formula is C27H21FN4O3. The van der Waals surface area contributed by atoms with Gasteiger partial charge >= 0.3 is 0 Å². The van der Waals surface area contributed by atoms with Crippen molar-refractivity contribution in [2.45, 2.75) is 25.9 Å². The van der Waals surface area contributed by atoms with Gasteiger partial charge < -0.3 is 18.6 Å². The summed E-state index contributed by atoms with van der Waals surface area (Å²) in [5.41, 5.74) is 4.16. The maximum Gasteiger partial charge on any atom is 0.278 e. The topological polar surface area (TPSA) is 75.2 Å². The Hall–Kier alpha value is -4.30. The highest BCUT2D eigenvalue weighted by atomic mass is 19.1. The quantitative estimate of drug-likeness (QED) is 0.323. The van der Waals surface area contributed by atoms with Crippen LogP contribution in [-0.4, -0.2) is 19.7 Å². The molecule has 0 saturated heterocycles. The molecule has 0 N–H and O–H groups in total. The first-order valence-electron chi connectivity index (χ1n) is 11.3. The Labute approximate surface area is 200 Å². The summed E-state index contributed by atoms with van der Waals surface area (Å²) < 4.78 is 32.9. The molecule has 0 bridgehead atoms. The largest absolute Gasteiger partial charge is 0.488 e. The van der Waals surface area contributed by atoms with Crippen molar-refractivity contribution < 1.29 is 18.4 Å². The first kappa shape index (κ1) is 21.2. The van der Waals surface area contributed by atoms with E-state index in [1.807, 2.05) is 59.2 Å². The average Bonchev–Trinajstić information content (AvgIpc) is 3.56. The molecular weight excluding hydrogens is 447 g/mol. The Bertz CT molecular complexity index is 1450. The van der Waals surface area contributed by atoms with Crippen LogP contribution in [-0.2, 0) is 24.5 Å². The molecule has 5 aromatic rings. The summed E-state index contributed by atoms with van der Waals surface area (Å²) in [7, 11) is 0. The fourth-order valence-corrected chi connectivity index (χ4v) is 4.13. The van der Waals surface area contributed by atoms with Gasteiger partial charge in [-0.15, -0.1) is 0 Å². The maximum atomic E-state index is 13.3. The highest BCUT2D eigenvalue weighted by Crippen LogP contribution is 2.33. The molecule has 6 rings (SSSR count). The zero-order valence-electron chi connectivity index (χ0n) is 18.7. The zero-order chi connectivity index (χ0) is 23.6. The third-order valence-electron chi connectivity index (χ3n) is 5.97. The fraction of sp³-hybridized carbons (Fsp3) is 0.148. The van der Waals surface area contributed by atoms with Crippen LogP contribution in [0.15, 0.2) is 89.7 Å². The number of ether oxygens (including phenoxy) is 2. The van der Waals surface area contributed by atoms with Gasteiger partial charge in [0.1, 0.15) is 24.3 Å². The van der Waals surface area contributed by atoms with Crippen LogP contribution in [0.25, 0.3) is 23.0 Å². The van der Waals surface area contributed by atoms with E-state index in [0.29, 0.717) is 42.9 Å². The number of hydrogen-bond acceptors (Lipinski definition) is 6. The fourth-order valence-electron chi connectivity index (χ4n) is 4.13. The highest BCUT2D eigenvalue weighted by molar-refractivity contribution is 5.65. The van der Waals surface area contributed by atoms with Crippen LogP contribution in [0.5, 0.6) is 5.75 Å². The third-order valence-corrected chi connectivity index (χ3v) is 5.97. The Morgan fingerprint density at radius 1 is 0.971 bits per heavy atom. The van der Waals surface area contributed by atoms with Crippen LogP contribution in [0, 0.1) is 5.82 Å². The Morgan fingerprint density at radius 2 is 1.77 bits per heavy atom. The number of nitrogens with zero attached hydrogens (tertiary/aromatic N) is 4. The molecule has 1 aliphatic rings. The highest BCUT2D eigenvalue weighted by Gasteiger charge is 2.27. The van der Waals surface area contributed by atoms with Gasteiger partial charge in [-0.05, 0) is 35.4 Å². The van der Waals surface area contributed by atoms with E-state index in [0.717, 1.165) is 22.4 Å². The van der Waals surface area contributed by atoms with Gasteiger partial charge in [0.2, 0.25) is 5.82 Å². The van der Waals surface area contributed by atoms with Crippen molar-refractivity contribution in [1.82, 2.24) is 19.7 Å². The van der Waals surface area contributed by atoms with Crippen molar-refractivity contribution in [2.75, 3.05) is 0 Å². The van der Waals surface area contributed by atoms with E-state index in [1.54, 1.807) is 18.5 Å². The van der Waals surface area contributed by atoms with E-state index < -0.39 is 0 Å². The number of rotatable bonds is 6. The van der Waals surface area contributed by atoms with Crippen LogP contribution in [0.1, 0.15) is 22.9 Å². The molecule has 0 aliphatic carbocycles. The summed E-state index contributed by atoms with van der Waals surface area (Å²) in [6, 6.07) is 23.9. The lowest BCUT2D eigenvalue weighted by Crippen LogP contribution is -2.20. The molecule has 7 nitrogen and oxygen atoms in total. The summed E-state index contributed by atoms with van der Waals surface area (Å²) in [5.74, 6) is 1.14. The molecule has 0 fully saturated rings. The maximum absolute atomic E-state index is 13.3. The van der Waals surface area contributed by atoms with Crippen molar-refractivity contribution in [1.29, 1.82) is 0 Å². The van der Waals surface area contributed by atoms with E-state index in [2.05, 4.69) is 15.1 Å². The lowest BCUT2D eigenvalue weighted by atomic mass is 10.1. The Balaban J connectivity index is 1.22. The van der Waals surface area contributed by atoms with Gasteiger partial charge in [-0.1, -0.05) is 59.8 Å². The van der Waals surface area contributed by atoms with Gasteiger partial charge in [-0.2, -0.15) is 4.98 Å². The van der Waals surface area contributed by atoms with Crippen LogP contribution >= 0.6 is 0 Å². The molecule has 1 aliphatic heterocycles. The minimum Gasteiger partial charge on any atom is -0.488 e. The van der Waals surface area contributed by atoms with Crippen LogP contribution in [0.4, 0.5) is 4.39 Å². The van der Waals surface area contributed by atoms with Gasteiger partial charge in [0, 0.05) is 0 Å². The summed E-state index contributed by atoms with van der Waals surface area (Å²) in [6.07, 6.45) is 1.56. The molecule has 8 heteroatoms. The molecule has 174 valence electrons. The minimum atomic E-state index is -0.269. The minimum absolute atomic E-state index is 0.183. The smallest absolute Gasteiger partial charge is 0.278 e. The lowest BCUT2D eigenvalue weighted by molar-refractivity contribution is 0.00326. The van der Waals surface area contributed by atoms with Crippen molar-refractivity contribution in [3.63, 3.8) is 0 Å². The molecule has 0 spiro atoms. The van der Waals surface area contributed by atoms with Gasteiger partial charge in [0.15, 0.2) is 5.69 Å². The number of hydrogen-bond donors (Lipinski definition) is 0. The summed E-state index contributed by atoms with van der Waals surface area (Å²) in [6.45, 7) is 1.32. The van der Waals surface area contributed by atoms with Crippen molar-refractivity contribution >= 4 is 0 Å². The van der Waals surface area contributed by atoms with Crippen molar-refractivity contribution in [3.05, 3.63) is 108 Å². The molecule has 35 heavy (non-hydrogen) atoms. The van der Waals surface area contributed by atoms with E-state index >= 15 is 0 Å². The summed E-state index contributed by atoms with van der Waals surface area (Å²) >= 11 is 0. The number of aromatic nitrogens is 4. The molecule has 3 heterocycles.